The summed E-state index contributed by atoms with van der Waals surface area (Å²) < 4.78 is 15.0. The Morgan fingerprint density at radius 2 is 0.825 bits per heavy atom. The van der Waals surface area contributed by atoms with E-state index in [1.54, 1.807) is 0 Å². The predicted octanol–water partition coefficient (Wildman–Crippen LogP) is 6.53. The van der Waals surface area contributed by atoms with E-state index in [0.717, 1.165) is 38.8 Å². The topological polar surface area (TPSA) is 42.5 Å². The van der Waals surface area contributed by atoms with Gasteiger partial charge in [-0.2, -0.15) is 0 Å². The molecule has 2 N–H and O–H groups in total. The molecule has 4 aromatic carbocycles. The molecule has 0 bridgehead atoms. The molecule has 4 nitrogen and oxygen atoms in total. The Morgan fingerprint density at radius 3 is 1.07 bits per heavy atom. The van der Waals surface area contributed by atoms with E-state index in [1.165, 1.54) is 22.3 Å². The van der Waals surface area contributed by atoms with Crippen LogP contribution in [0.3, 0.4) is 0 Å². The molecule has 2 heterocycles. The zero-order valence-corrected chi connectivity index (χ0v) is 24.5. The molecule has 2 aliphatic rings. The molecule has 0 radical (unpaired) electrons. The number of nitrogens with one attached hydrogen (secondary N) is 2. The Bertz CT molecular complexity index is 1140. The van der Waals surface area contributed by atoms with Gasteiger partial charge in [-0.1, -0.05) is 127 Å². The van der Waals surface area contributed by atoms with Crippen LogP contribution in [-0.4, -0.2) is 40.0 Å². The minimum atomic E-state index is -2.32. The summed E-state index contributed by atoms with van der Waals surface area (Å²) in [7, 11) is 0. The van der Waals surface area contributed by atoms with E-state index in [0.29, 0.717) is 0 Å². The van der Waals surface area contributed by atoms with E-state index in [4.69, 9.17) is 7.58 Å². The van der Waals surface area contributed by atoms with Gasteiger partial charge in [0.1, 0.15) is 11.2 Å². The van der Waals surface area contributed by atoms with Crippen LogP contribution in [0.15, 0.2) is 121 Å². The Balaban J connectivity index is 1.47. The molecule has 0 unspecified atom stereocenters. The van der Waals surface area contributed by atoms with Crippen molar-refractivity contribution in [2.24, 2.45) is 0 Å². The van der Waals surface area contributed by atoms with Crippen molar-refractivity contribution in [1.82, 2.24) is 10.6 Å². The van der Waals surface area contributed by atoms with E-state index in [-0.39, 0.29) is 12.1 Å². The lowest BCUT2D eigenvalue weighted by atomic mass is 9.79. The largest absolute Gasteiger partial charge is 0.672 e. The van der Waals surface area contributed by atoms with Gasteiger partial charge in [0, 0.05) is 12.1 Å². The van der Waals surface area contributed by atoms with Gasteiger partial charge in [0.2, 0.25) is 0 Å². The maximum Gasteiger partial charge on any atom is 0.672 e. The number of hydrogen-bond acceptors (Lipinski definition) is 4. The molecule has 0 saturated carbocycles. The van der Waals surface area contributed by atoms with E-state index in [1.807, 2.05) is 0 Å². The summed E-state index contributed by atoms with van der Waals surface area (Å²) >= 11 is -2.32. The van der Waals surface area contributed by atoms with Crippen molar-refractivity contribution in [2.45, 2.75) is 54.8 Å². The Kier molecular flexibility index (Phi) is 8.51. The fraction of sp³-hybridized carbons (Fsp3) is 0.314. The molecule has 2 aliphatic heterocycles. The Morgan fingerprint density at radius 1 is 0.525 bits per heavy atom. The molecule has 0 spiro atoms. The standard InChI is InChI=1S/2C17H18NO.CH3.Al/c2*19-17(16-12-7-13-18-16,14-8-3-1-4-9-14)15-10-5-2-6-11-15;;/h2*1-6,8-11,16,18H,7,12-13H2;1H3;/q2*-1;;+2/t2*16-;;/m00../s1. The van der Waals surface area contributed by atoms with Crippen LogP contribution in [0.1, 0.15) is 47.9 Å². The second-order valence-electron chi connectivity index (χ2n) is 11.0. The minimum absolute atomic E-state index is 0.156. The van der Waals surface area contributed by atoms with E-state index >= 15 is 0 Å². The first-order valence-electron chi connectivity index (χ1n) is 14.8. The summed E-state index contributed by atoms with van der Waals surface area (Å²) in [4.78, 5) is 0. The lowest BCUT2D eigenvalue weighted by Crippen LogP contribution is -2.55. The highest BCUT2D eigenvalue weighted by Gasteiger charge is 2.51. The van der Waals surface area contributed by atoms with Crippen LogP contribution in [0, 0.1) is 0 Å². The van der Waals surface area contributed by atoms with Gasteiger partial charge < -0.3 is 18.2 Å². The van der Waals surface area contributed by atoms with E-state index < -0.39 is 26.0 Å². The summed E-state index contributed by atoms with van der Waals surface area (Å²) in [5.74, 6) is 2.21. The highest BCUT2D eigenvalue weighted by atomic mass is 27.2. The first kappa shape index (κ1) is 27.4. The van der Waals surface area contributed by atoms with E-state index in [2.05, 4.69) is 138 Å². The smallest absolute Gasteiger partial charge is 0.465 e. The van der Waals surface area contributed by atoms with E-state index in [9.17, 15) is 0 Å². The van der Waals surface area contributed by atoms with Crippen molar-refractivity contribution in [3.8, 4) is 0 Å². The van der Waals surface area contributed by atoms with Gasteiger partial charge in [0.05, 0.1) is 0 Å². The lowest BCUT2D eigenvalue weighted by molar-refractivity contribution is -0.0103. The lowest BCUT2D eigenvalue weighted by Gasteiger charge is -2.46. The number of rotatable bonds is 10. The monoisotopic (exact) mass is 546 g/mol. The molecule has 0 amide bonds. The van der Waals surface area contributed by atoms with Gasteiger partial charge in [-0.3, -0.25) is 0 Å². The first-order valence-corrected chi connectivity index (χ1v) is 16.9. The van der Waals surface area contributed by atoms with Crippen molar-refractivity contribution < 1.29 is 7.58 Å². The zero-order valence-electron chi connectivity index (χ0n) is 23.3. The third-order valence-electron chi connectivity index (χ3n) is 8.62. The number of hydrogen-bond donors (Lipinski definition) is 2. The Hall–Kier alpha value is -2.75. The van der Waals surface area contributed by atoms with Crippen molar-refractivity contribution >= 4 is 14.8 Å². The second kappa shape index (κ2) is 12.4. The molecule has 4 aromatic rings. The van der Waals surface area contributed by atoms with Crippen LogP contribution >= 0.6 is 0 Å². The summed E-state index contributed by atoms with van der Waals surface area (Å²) in [6.07, 6.45) is 4.38. The van der Waals surface area contributed by atoms with Crippen LogP contribution in [0.4, 0.5) is 0 Å². The molecule has 5 heteroatoms. The average molecular weight is 547 g/mol. The summed E-state index contributed by atoms with van der Waals surface area (Å²) in [5.41, 5.74) is 3.40. The van der Waals surface area contributed by atoms with Gasteiger partial charge in [0.15, 0.2) is 0 Å². The zero-order chi connectivity index (χ0) is 27.3. The third-order valence-corrected chi connectivity index (χ3v) is 10.0. The number of benzene rings is 4. The third kappa shape index (κ3) is 5.19. The van der Waals surface area contributed by atoms with Gasteiger partial charge in [-0.05, 0) is 61.0 Å². The van der Waals surface area contributed by atoms with Crippen molar-refractivity contribution in [2.75, 3.05) is 13.1 Å². The molecule has 2 saturated heterocycles. The maximum absolute atomic E-state index is 7.48. The van der Waals surface area contributed by atoms with Crippen LogP contribution in [0.2, 0.25) is 5.79 Å². The van der Waals surface area contributed by atoms with Gasteiger partial charge in [0.25, 0.3) is 0 Å². The normalized spacial score (nSPS) is 19.5. The summed E-state index contributed by atoms with van der Waals surface area (Å²) in [5, 5.41) is 7.62. The van der Waals surface area contributed by atoms with Gasteiger partial charge >= 0.3 is 14.8 Å². The van der Waals surface area contributed by atoms with Crippen molar-refractivity contribution in [1.29, 1.82) is 0 Å². The molecule has 6 rings (SSSR count). The Labute approximate surface area is 243 Å². The predicted molar refractivity (Wildman–Crippen MR) is 163 cm³/mol. The molecule has 0 aromatic heterocycles. The van der Waals surface area contributed by atoms with Gasteiger partial charge in [-0.25, -0.2) is 0 Å². The fourth-order valence-corrected chi connectivity index (χ4v) is 8.90. The SMILES string of the molecule is [CH3][Al]([O]C(c1ccccc1)(c1ccccc1)[C@@H]1CCCN1)[O]C(c1ccccc1)(c1ccccc1)[C@@H]1CCCN1. The van der Waals surface area contributed by atoms with Crippen molar-refractivity contribution in [3.63, 3.8) is 0 Å². The molecule has 2 atom stereocenters. The molecular weight excluding hydrogens is 507 g/mol. The molecule has 204 valence electrons. The van der Waals surface area contributed by atoms with Crippen LogP contribution < -0.4 is 10.6 Å². The second-order valence-corrected chi connectivity index (χ2v) is 12.6. The minimum Gasteiger partial charge on any atom is -0.465 e. The quantitative estimate of drug-likeness (QED) is 0.222. The van der Waals surface area contributed by atoms with Crippen LogP contribution in [0.5, 0.6) is 0 Å². The maximum atomic E-state index is 7.48. The van der Waals surface area contributed by atoms with Crippen LogP contribution in [0.25, 0.3) is 0 Å². The fourth-order valence-electron chi connectivity index (χ4n) is 6.93. The molecule has 0 aliphatic carbocycles. The average Bonchev–Trinajstić information content (AvgIpc) is 3.77. The van der Waals surface area contributed by atoms with Gasteiger partial charge in [-0.15, -0.1) is 0 Å². The molecular formula is C35H39AlN2O2. The molecule has 40 heavy (non-hydrogen) atoms. The highest BCUT2D eigenvalue weighted by Crippen LogP contribution is 2.44. The highest BCUT2D eigenvalue weighted by molar-refractivity contribution is 6.43. The molecule has 2 fully saturated rings. The summed E-state index contributed by atoms with van der Waals surface area (Å²) in [6.45, 7) is 1.99. The summed E-state index contributed by atoms with van der Waals surface area (Å²) in [6, 6.07) is 43.4. The van der Waals surface area contributed by atoms with Crippen molar-refractivity contribution in [3.05, 3.63) is 144 Å². The van der Waals surface area contributed by atoms with Crippen LogP contribution in [-0.2, 0) is 18.8 Å². The first-order chi connectivity index (χ1) is 19.7.